The molecule has 1 saturated heterocycles. The van der Waals surface area contributed by atoms with Crippen molar-refractivity contribution in [2.45, 2.75) is 70.3 Å². The van der Waals surface area contributed by atoms with E-state index in [-0.39, 0.29) is 23.6 Å². The zero-order chi connectivity index (χ0) is 23.6. The summed E-state index contributed by atoms with van der Waals surface area (Å²) in [5.74, 6) is -1.83. The lowest BCUT2D eigenvalue weighted by atomic mass is 9.66. The molecule has 4 rings (SSSR count). The largest absolute Gasteiger partial charge is 0.433 e. The molecule has 10 nitrogen and oxygen atoms in total. The lowest BCUT2D eigenvalue weighted by molar-refractivity contribution is -0.150. The van der Waals surface area contributed by atoms with Gasteiger partial charge in [-0.2, -0.15) is 4.98 Å². The minimum absolute atomic E-state index is 0.0943. The van der Waals surface area contributed by atoms with Crippen LogP contribution in [0.4, 0.5) is 4.79 Å². The number of nitrogens with zero attached hydrogens (tertiary/aromatic N) is 3. The van der Waals surface area contributed by atoms with Crippen LogP contribution in [0.25, 0.3) is 0 Å². The molecule has 0 radical (unpaired) electrons. The third-order valence-electron chi connectivity index (χ3n) is 7.57. The van der Waals surface area contributed by atoms with Crippen molar-refractivity contribution in [1.29, 1.82) is 0 Å². The summed E-state index contributed by atoms with van der Waals surface area (Å²) < 4.78 is 16.4. The van der Waals surface area contributed by atoms with E-state index in [0.29, 0.717) is 32.2 Å². The average Bonchev–Trinajstić information content (AvgIpc) is 3.58. The predicted molar refractivity (Wildman–Crippen MR) is 116 cm³/mol. The van der Waals surface area contributed by atoms with E-state index in [1.807, 2.05) is 6.92 Å². The zero-order valence-corrected chi connectivity index (χ0v) is 19.5. The molecular formula is C23H34N4O6. The Balaban J connectivity index is 1.74. The second kappa shape index (κ2) is 9.79. The van der Waals surface area contributed by atoms with Crippen molar-refractivity contribution >= 4 is 17.8 Å². The van der Waals surface area contributed by atoms with Gasteiger partial charge >= 0.3 is 6.09 Å². The third-order valence-corrected chi connectivity index (χ3v) is 7.57. The molecule has 3 unspecified atom stereocenters. The van der Waals surface area contributed by atoms with E-state index < -0.39 is 29.3 Å². The second-order valence-electron chi connectivity index (χ2n) is 9.62. The molecular weight excluding hydrogens is 428 g/mol. The average molecular weight is 463 g/mol. The van der Waals surface area contributed by atoms with Crippen molar-refractivity contribution in [2.24, 2.45) is 23.5 Å². The SMILES string of the molecule is CC(C(=O)N1CCOCC1)C(OC(N)=O)(C(=O)c1noc(C2CC2)n1)C(C)C1CCCCC1. The molecule has 3 aliphatic rings. The number of primary amides is 1. The molecule has 2 aliphatic carbocycles. The monoisotopic (exact) mass is 462 g/mol. The number of aromatic nitrogens is 2. The van der Waals surface area contributed by atoms with Crippen molar-refractivity contribution in [3.8, 4) is 0 Å². The van der Waals surface area contributed by atoms with Gasteiger partial charge < -0.3 is 24.6 Å². The molecule has 3 atom stereocenters. The Morgan fingerprint density at radius 1 is 1.09 bits per heavy atom. The predicted octanol–water partition coefficient (Wildman–Crippen LogP) is 2.68. The summed E-state index contributed by atoms with van der Waals surface area (Å²) in [4.78, 5) is 45.8. The summed E-state index contributed by atoms with van der Waals surface area (Å²) in [6.45, 7) is 5.18. The molecule has 0 aromatic carbocycles. The third kappa shape index (κ3) is 4.76. The highest BCUT2D eigenvalue weighted by Crippen LogP contribution is 2.44. The van der Waals surface area contributed by atoms with Crippen molar-refractivity contribution in [1.82, 2.24) is 15.0 Å². The molecule has 2 N–H and O–H groups in total. The van der Waals surface area contributed by atoms with Gasteiger partial charge in [0.25, 0.3) is 0 Å². The molecule has 10 heteroatoms. The standard InChI is InChI=1S/C23H34N4O6/c1-14(16-6-4-3-5-7-16)23(32-22(24)30,15(2)21(29)27-10-12-31-13-11-27)18(28)19-25-20(33-26-19)17-8-9-17/h14-17H,3-13H2,1-2H3,(H2,24,30). The van der Waals surface area contributed by atoms with Crippen LogP contribution in [-0.2, 0) is 14.3 Å². The fraction of sp³-hybridized carbons (Fsp3) is 0.783. The van der Waals surface area contributed by atoms with E-state index in [1.165, 1.54) is 0 Å². The molecule has 0 spiro atoms. The molecule has 2 saturated carbocycles. The molecule has 33 heavy (non-hydrogen) atoms. The quantitative estimate of drug-likeness (QED) is 0.582. The van der Waals surface area contributed by atoms with Crippen LogP contribution in [0.5, 0.6) is 0 Å². The number of morpholine rings is 1. The maximum Gasteiger partial charge on any atom is 0.405 e. The number of carbonyl (C=O) groups is 3. The molecule has 1 aliphatic heterocycles. The number of ketones is 1. The summed E-state index contributed by atoms with van der Waals surface area (Å²) >= 11 is 0. The minimum atomic E-state index is -1.83. The highest BCUT2D eigenvalue weighted by atomic mass is 16.6. The van der Waals surface area contributed by atoms with Gasteiger partial charge in [-0.25, -0.2) is 4.79 Å². The van der Waals surface area contributed by atoms with Gasteiger partial charge in [0.15, 0.2) is 5.60 Å². The van der Waals surface area contributed by atoms with Crippen LogP contribution in [0.15, 0.2) is 4.52 Å². The maximum absolute atomic E-state index is 14.1. The van der Waals surface area contributed by atoms with Gasteiger partial charge in [-0.05, 0) is 25.7 Å². The first-order chi connectivity index (χ1) is 15.8. The molecule has 1 aromatic rings. The first-order valence-electron chi connectivity index (χ1n) is 12.1. The molecule has 2 heterocycles. The van der Waals surface area contributed by atoms with E-state index in [0.717, 1.165) is 44.9 Å². The number of Topliss-reactive ketones (excluding diaryl/α,β-unsaturated/α-hetero) is 1. The first-order valence-corrected chi connectivity index (χ1v) is 12.1. The van der Waals surface area contributed by atoms with Crippen molar-refractivity contribution in [3.63, 3.8) is 0 Å². The van der Waals surface area contributed by atoms with Crippen molar-refractivity contribution in [2.75, 3.05) is 26.3 Å². The second-order valence-corrected chi connectivity index (χ2v) is 9.62. The number of carbonyl (C=O) groups excluding carboxylic acids is 3. The lowest BCUT2D eigenvalue weighted by Crippen LogP contribution is -2.61. The Bertz CT molecular complexity index is 872. The summed E-state index contributed by atoms with van der Waals surface area (Å²) in [7, 11) is 0. The number of nitrogens with two attached hydrogens (primary N) is 1. The Hall–Kier alpha value is -2.49. The summed E-state index contributed by atoms with van der Waals surface area (Å²) in [6, 6.07) is 0. The van der Waals surface area contributed by atoms with Gasteiger partial charge in [-0.1, -0.05) is 44.2 Å². The Kier molecular flexibility index (Phi) is 7.02. The maximum atomic E-state index is 14.1. The van der Waals surface area contributed by atoms with Crippen LogP contribution in [0.2, 0.25) is 0 Å². The Morgan fingerprint density at radius 2 is 1.76 bits per heavy atom. The highest BCUT2D eigenvalue weighted by molar-refractivity contribution is 6.04. The molecule has 3 fully saturated rings. The minimum Gasteiger partial charge on any atom is -0.433 e. The van der Waals surface area contributed by atoms with E-state index in [9.17, 15) is 14.4 Å². The highest BCUT2D eigenvalue weighted by Gasteiger charge is 2.58. The number of hydrogen-bond acceptors (Lipinski definition) is 8. The van der Waals surface area contributed by atoms with Gasteiger partial charge in [-0.15, -0.1) is 0 Å². The molecule has 182 valence electrons. The van der Waals surface area contributed by atoms with Gasteiger partial charge in [0.2, 0.25) is 23.4 Å². The van der Waals surface area contributed by atoms with Gasteiger partial charge in [0, 0.05) is 24.9 Å². The Labute approximate surface area is 193 Å². The van der Waals surface area contributed by atoms with Gasteiger partial charge in [0.05, 0.1) is 19.1 Å². The zero-order valence-electron chi connectivity index (χ0n) is 19.5. The number of ether oxygens (including phenoxy) is 2. The van der Waals surface area contributed by atoms with Crippen LogP contribution in [0.1, 0.15) is 81.2 Å². The lowest BCUT2D eigenvalue weighted by Gasteiger charge is -2.45. The normalized spacial score (nSPS) is 23.4. The fourth-order valence-electron chi connectivity index (χ4n) is 5.42. The van der Waals surface area contributed by atoms with Crippen molar-refractivity contribution < 1.29 is 28.4 Å². The number of hydrogen-bond donors (Lipinski definition) is 1. The number of rotatable bonds is 8. The summed E-state index contributed by atoms with van der Waals surface area (Å²) in [5.41, 5.74) is 3.69. The fourth-order valence-corrected chi connectivity index (χ4v) is 5.42. The van der Waals surface area contributed by atoms with Gasteiger partial charge in [0.1, 0.15) is 0 Å². The van der Waals surface area contributed by atoms with E-state index in [2.05, 4.69) is 10.1 Å². The molecule has 0 bridgehead atoms. The van der Waals surface area contributed by atoms with Crippen LogP contribution < -0.4 is 5.73 Å². The van der Waals surface area contributed by atoms with Crippen LogP contribution in [0.3, 0.4) is 0 Å². The van der Waals surface area contributed by atoms with Crippen molar-refractivity contribution in [3.05, 3.63) is 11.7 Å². The number of amides is 2. The van der Waals surface area contributed by atoms with Crippen LogP contribution in [0, 0.1) is 17.8 Å². The topological polar surface area (TPSA) is 138 Å². The Morgan fingerprint density at radius 3 is 2.36 bits per heavy atom. The van der Waals surface area contributed by atoms with E-state index in [1.54, 1.807) is 11.8 Å². The van der Waals surface area contributed by atoms with E-state index >= 15 is 0 Å². The first kappa shape index (κ1) is 23.7. The van der Waals surface area contributed by atoms with Crippen LogP contribution >= 0.6 is 0 Å². The summed E-state index contributed by atoms with van der Waals surface area (Å²) in [6.07, 6.45) is 5.71. The van der Waals surface area contributed by atoms with Gasteiger partial charge in [-0.3, -0.25) is 9.59 Å². The smallest absolute Gasteiger partial charge is 0.405 e. The summed E-state index contributed by atoms with van der Waals surface area (Å²) in [5, 5.41) is 3.92. The molecule has 1 aromatic heterocycles. The van der Waals surface area contributed by atoms with E-state index in [4.69, 9.17) is 19.7 Å². The molecule has 2 amide bonds. The van der Waals surface area contributed by atoms with Crippen LogP contribution in [-0.4, -0.2) is 64.7 Å².